The van der Waals surface area contributed by atoms with E-state index in [1.54, 1.807) is 38.5 Å². The summed E-state index contributed by atoms with van der Waals surface area (Å²) in [4.78, 5) is 11.7. The van der Waals surface area contributed by atoms with Gasteiger partial charge in [-0.25, -0.2) is 4.79 Å². The van der Waals surface area contributed by atoms with Crippen LogP contribution in [-0.4, -0.2) is 43.6 Å². The van der Waals surface area contributed by atoms with Crippen LogP contribution in [0.4, 0.5) is 5.82 Å². The number of carboxylic acids is 1. The number of benzene rings is 1. The van der Waals surface area contributed by atoms with Crippen LogP contribution in [0, 0.1) is 5.41 Å². The van der Waals surface area contributed by atoms with Crippen molar-refractivity contribution < 1.29 is 23.9 Å². The van der Waals surface area contributed by atoms with E-state index in [0.717, 1.165) is 19.3 Å². The van der Waals surface area contributed by atoms with E-state index >= 15 is 0 Å². The van der Waals surface area contributed by atoms with Gasteiger partial charge in [0.15, 0.2) is 17.1 Å². The van der Waals surface area contributed by atoms with E-state index < -0.39 is 5.97 Å². The van der Waals surface area contributed by atoms with E-state index in [4.69, 9.17) is 14.0 Å². The summed E-state index contributed by atoms with van der Waals surface area (Å²) in [5, 5.41) is 16.7. The van der Waals surface area contributed by atoms with E-state index in [-0.39, 0.29) is 22.6 Å². The monoisotopic (exact) mass is 346 g/mol. The molecule has 7 nitrogen and oxygen atoms in total. The Morgan fingerprint density at radius 1 is 1.32 bits per heavy atom. The highest BCUT2D eigenvalue weighted by atomic mass is 16.5. The zero-order chi connectivity index (χ0) is 17.9. The Morgan fingerprint density at radius 2 is 2.04 bits per heavy atom. The fraction of sp³-hybridized carbons (Fsp3) is 0.444. The van der Waals surface area contributed by atoms with Gasteiger partial charge in [0.1, 0.15) is 5.75 Å². The Kier molecular flexibility index (Phi) is 4.94. The van der Waals surface area contributed by atoms with Gasteiger partial charge in [-0.3, -0.25) is 0 Å². The second-order valence-electron chi connectivity index (χ2n) is 6.41. The van der Waals surface area contributed by atoms with Crippen molar-refractivity contribution in [1.29, 1.82) is 0 Å². The fourth-order valence-electron chi connectivity index (χ4n) is 3.17. The summed E-state index contributed by atoms with van der Waals surface area (Å²) in [6.07, 6.45) is 3.27. The third-order valence-electron chi connectivity index (χ3n) is 4.75. The number of hydrogen-bond donors (Lipinski definition) is 2. The number of ether oxygens (including phenoxy) is 2. The first kappa shape index (κ1) is 17.3. The molecule has 0 amide bonds. The molecule has 1 aliphatic rings. The number of methoxy groups -OCH3 is 2. The molecule has 134 valence electrons. The van der Waals surface area contributed by atoms with Crippen molar-refractivity contribution in [3.05, 3.63) is 29.8 Å². The largest absolute Gasteiger partial charge is 0.497 e. The molecule has 2 N–H and O–H groups in total. The Morgan fingerprint density at radius 3 is 2.56 bits per heavy atom. The van der Waals surface area contributed by atoms with Crippen LogP contribution in [0.15, 0.2) is 28.8 Å². The van der Waals surface area contributed by atoms with Crippen LogP contribution in [0.1, 0.15) is 29.6 Å². The third-order valence-corrected chi connectivity index (χ3v) is 4.75. The number of anilines is 1. The molecule has 0 radical (unpaired) electrons. The molecule has 0 spiro atoms. The first-order valence-electron chi connectivity index (χ1n) is 8.19. The number of nitrogens with zero attached hydrogens (tertiary/aromatic N) is 1. The molecule has 1 heterocycles. The van der Waals surface area contributed by atoms with Crippen LogP contribution < -0.4 is 10.1 Å². The minimum Gasteiger partial charge on any atom is -0.497 e. The van der Waals surface area contributed by atoms with Gasteiger partial charge < -0.3 is 24.4 Å². The third kappa shape index (κ3) is 3.46. The van der Waals surface area contributed by atoms with E-state index in [2.05, 4.69) is 10.5 Å². The highest BCUT2D eigenvalue weighted by Crippen LogP contribution is 2.41. The zero-order valence-electron chi connectivity index (χ0n) is 14.4. The maximum atomic E-state index is 11.7. The van der Waals surface area contributed by atoms with Crippen LogP contribution in [0.3, 0.4) is 0 Å². The van der Waals surface area contributed by atoms with Gasteiger partial charge in [-0.1, -0.05) is 11.6 Å². The van der Waals surface area contributed by atoms with Crippen LogP contribution in [0.25, 0.3) is 11.3 Å². The van der Waals surface area contributed by atoms with Gasteiger partial charge in [0.05, 0.1) is 13.7 Å². The summed E-state index contributed by atoms with van der Waals surface area (Å²) in [6, 6.07) is 6.99. The Hall–Kier alpha value is -2.54. The standard InChI is InChI=1S/C18H22N2O5/c1-23-11-18(8-3-9-18)10-19-16-14(17(21)22)15(25-20-16)12-4-6-13(24-2)7-5-12/h4-7H,3,8-11H2,1-2H3,(H,19,20)(H,21,22). The lowest BCUT2D eigenvalue weighted by Crippen LogP contribution is -2.40. The van der Waals surface area contributed by atoms with Crippen LogP contribution in [-0.2, 0) is 4.74 Å². The second-order valence-corrected chi connectivity index (χ2v) is 6.41. The number of hydrogen-bond acceptors (Lipinski definition) is 6. The van der Waals surface area contributed by atoms with E-state index in [1.165, 1.54) is 0 Å². The predicted molar refractivity (Wildman–Crippen MR) is 92.1 cm³/mol. The molecule has 1 aliphatic carbocycles. The SMILES string of the molecule is COCC1(CNc2noc(-c3ccc(OC)cc3)c2C(=O)O)CCC1. The molecule has 0 saturated heterocycles. The van der Waals surface area contributed by atoms with Gasteiger partial charge in [-0.15, -0.1) is 0 Å². The smallest absolute Gasteiger partial charge is 0.343 e. The number of nitrogens with one attached hydrogen (secondary N) is 1. The van der Waals surface area contributed by atoms with Crippen molar-refractivity contribution in [2.24, 2.45) is 5.41 Å². The molecule has 0 bridgehead atoms. The molecule has 7 heteroatoms. The molecule has 3 rings (SSSR count). The van der Waals surface area contributed by atoms with E-state index in [0.29, 0.717) is 24.5 Å². The lowest BCUT2D eigenvalue weighted by atomic mass is 9.69. The van der Waals surface area contributed by atoms with Gasteiger partial charge in [-0.2, -0.15) is 0 Å². The number of carbonyl (C=O) groups is 1. The van der Waals surface area contributed by atoms with Crippen molar-refractivity contribution in [3.63, 3.8) is 0 Å². The fourth-order valence-corrected chi connectivity index (χ4v) is 3.17. The summed E-state index contributed by atoms with van der Waals surface area (Å²) in [5.41, 5.74) is 0.718. The van der Waals surface area contributed by atoms with Gasteiger partial charge in [0.25, 0.3) is 0 Å². The molecule has 2 aromatic rings. The molecule has 0 atom stereocenters. The second kappa shape index (κ2) is 7.14. The minimum atomic E-state index is -1.08. The summed E-state index contributed by atoms with van der Waals surface area (Å²) >= 11 is 0. The lowest BCUT2D eigenvalue weighted by molar-refractivity contribution is 0.0281. The highest BCUT2D eigenvalue weighted by Gasteiger charge is 2.37. The van der Waals surface area contributed by atoms with Gasteiger partial charge >= 0.3 is 5.97 Å². The lowest BCUT2D eigenvalue weighted by Gasteiger charge is -2.41. The minimum absolute atomic E-state index is 0.0389. The van der Waals surface area contributed by atoms with Gasteiger partial charge in [-0.05, 0) is 37.1 Å². The summed E-state index contributed by atoms with van der Waals surface area (Å²) in [5.74, 6) is 0.0849. The van der Waals surface area contributed by atoms with Crippen LogP contribution in [0.2, 0.25) is 0 Å². The van der Waals surface area contributed by atoms with Crippen LogP contribution >= 0.6 is 0 Å². The molecule has 0 aliphatic heterocycles. The summed E-state index contributed by atoms with van der Waals surface area (Å²) < 4.78 is 15.7. The zero-order valence-corrected chi connectivity index (χ0v) is 14.4. The average Bonchev–Trinajstić information content (AvgIpc) is 3.01. The van der Waals surface area contributed by atoms with E-state index in [9.17, 15) is 9.90 Å². The number of carboxylic acid groups (broad SMARTS) is 1. The maximum absolute atomic E-state index is 11.7. The molecule has 0 unspecified atom stereocenters. The molecule has 1 aromatic carbocycles. The normalized spacial score (nSPS) is 15.4. The molecular formula is C18H22N2O5. The van der Waals surface area contributed by atoms with E-state index in [1.807, 2.05) is 0 Å². The topological polar surface area (TPSA) is 93.8 Å². The quantitative estimate of drug-likeness (QED) is 0.757. The van der Waals surface area contributed by atoms with Crippen molar-refractivity contribution in [1.82, 2.24) is 5.16 Å². The average molecular weight is 346 g/mol. The number of rotatable bonds is 8. The van der Waals surface area contributed by atoms with Crippen molar-refractivity contribution in [3.8, 4) is 17.1 Å². The highest BCUT2D eigenvalue weighted by molar-refractivity contribution is 5.99. The van der Waals surface area contributed by atoms with Crippen molar-refractivity contribution in [2.45, 2.75) is 19.3 Å². The van der Waals surface area contributed by atoms with Crippen molar-refractivity contribution in [2.75, 3.05) is 32.7 Å². The molecule has 1 aromatic heterocycles. The number of aromatic carboxylic acids is 1. The summed E-state index contributed by atoms with van der Waals surface area (Å²) in [6.45, 7) is 1.25. The molecule has 1 saturated carbocycles. The summed E-state index contributed by atoms with van der Waals surface area (Å²) in [7, 11) is 3.26. The van der Waals surface area contributed by atoms with Crippen LogP contribution in [0.5, 0.6) is 5.75 Å². The molecule has 1 fully saturated rings. The Labute approximate surface area is 145 Å². The first-order valence-corrected chi connectivity index (χ1v) is 8.19. The van der Waals surface area contributed by atoms with Gasteiger partial charge in [0.2, 0.25) is 0 Å². The Balaban J connectivity index is 1.83. The Bertz CT molecular complexity index is 734. The molecular weight excluding hydrogens is 324 g/mol. The van der Waals surface area contributed by atoms with Crippen molar-refractivity contribution >= 4 is 11.8 Å². The maximum Gasteiger partial charge on any atom is 0.343 e. The predicted octanol–water partition coefficient (Wildman–Crippen LogP) is 3.28. The molecule has 25 heavy (non-hydrogen) atoms. The first-order chi connectivity index (χ1) is 12.1. The van der Waals surface area contributed by atoms with Gasteiger partial charge in [0, 0.05) is 24.6 Å². The number of aromatic nitrogens is 1.